The predicted molar refractivity (Wildman–Crippen MR) is 107 cm³/mol. The van der Waals surface area contributed by atoms with E-state index in [0.29, 0.717) is 11.2 Å². The second-order valence-corrected chi connectivity index (χ2v) is 6.26. The highest BCUT2D eigenvalue weighted by atomic mass is 16.4. The van der Waals surface area contributed by atoms with Crippen molar-refractivity contribution in [1.82, 2.24) is 25.1 Å². The van der Waals surface area contributed by atoms with E-state index in [1.54, 1.807) is 24.3 Å². The Kier molecular flexibility index (Phi) is 4.89. The van der Waals surface area contributed by atoms with Gasteiger partial charge in [0, 0.05) is 11.9 Å². The summed E-state index contributed by atoms with van der Waals surface area (Å²) in [5.41, 5.74) is 7.78. The minimum Gasteiger partial charge on any atom is -0.423 e. The number of benzene rings is 2. The Morgan fingerprint density at radius 2 is 1.93 bits per heavy atom. The number of rotatable bonds is 6. The van der Waals surface area contributed by atoms with E-state index in [9.17, 15) is 14.8 Å². The third-order valence-electron chi connectivity index (χ3n) is 4.24. The van der Waals surface area contributed by atoms with Gasteiger partial charge >= 0.3 is 7.12 Å². The lowest BCUT2D eigenvalue weighted by atomic mass is 9.80. The van der Waals surface area contributed by atoms with Crippen LogP contribution in [-0.4, -0.2) is 48.2 Å². The summed E-state index contributed by atoms with van der Waals surface area (Å²) < 4.78 is 0. The molecular formula is C18H16BN7O3. The summed E-state index contributed by atoms with van der Waals surface area (Å²) in [6, 6.07) is 14.2. The van der Waals surface area contributed by atoms with Crippen LogP contribution in [0.5, 0.6) is 0 Å². The van der Waals surface area contributed by atoms with Gasteiger partial charge in [-0.2, -0.15) is 15.1 Å². The van der Waals surface area contributed by atoms with Gasteiger partial charge in [0.05, 0.1) is 5.52 Å². The van der Waals surface area contributed by atoms with Crippen LogP contribution in [0.25, 0.3) is 22.4 Å². The van der Waals surface area contributed by atoms with Gasteiger partial charge in [0.1, 0.15) is 5.69 Å². The molecule has 2 aromatic heterocycles. The average molecular weight is 389 g/mol. The number of hydrogen-bond donors (Lipinski definition) is 5. The Bertz CT molecular complexity index is 1200. The van der Waals surface area contributed by atoms with Crippen LogP contribution in [0.4, 0.5) is 5.95 Å². The highest BCUT2D eigenvalue weighted by molar-refractivity contribution is 6.58. The molecule has 0 aliphatic carbocycles. The third-order valence-corrected chi connectivity index (χ3v) is 4.24. The van der Waals surface area contributed by atoms with Gasteiger partial charge in [0.25, 0.3) is 5.91 Å². The maximum Gasteiger partial charge on any atom is 0.488 e. The van der Waals surface area contributed by atoms with Crippen LogP contribution in [0, 0.1) is 0 Å². The number of aromatic nitrogens is 5. The van der Waals surface area contributed by atoms with Crippen molar-refractivity contribution < 1.29 is 14.8 Å². The minimum absolute atomic E-state index is 0.144. The van der Waals surface area contributed by atoms with E-state index in [0.717, 1.165) is 16.5 Å². The Labute approximate surface area is 165 Å². The highest BCUT2D eigenvalue weighted by Crippen LogP contribution is 2.24. The van der Waals surface area contributed by atoms with Crippen molar-refractivity contribution in [1.29, 1.82) is 0 Å². The van der Waals surface area contributed by atoms with Gasteiger partial charge in [-0.05, 0) is 17.1 Å². The molecule has 29 heavy (non-hydrogen) atoms. The standard InChI is InChI=1S/C18H16BN7O3/c20-15(27)17-22-16(14-12-6-1-2-7-13(12)25-26-14)23-18(24-17)21-9-10-4-3-5-11(8-10)19(28)29/h1-8,28-29H,9H2,(H2,20,27)(H,25,26)(H,21,22,23,24). The topological polar surface area (TPSA) is 163 Å². The molecule has 0 atom stereocenters. The number of carbonyl (C=O) groups excluding carboxylic acids is 1. The van der Waals surface area contributed by atoms with Crippen molar-refractivity contribution in [2.75, 3.05) is 5.32 Å². The fourth-order valence-corrected chi connectivity index (χ4v) is 2.85. The van der Waals surface area contributed by atoms with Crippen LogP contribution < -0.4 is 16.5 Å². The zero-order chi connectivity index (χ0) is 20.4. The predicted octanol–water partition coefficient (Wildman–Crippen LogP) is -0.194. The molecule has 6 N–H and O–H groups in total. The van der Waals surface area contributed by atoms with Gasteiger partial charge in [0.2, 0.25) is 11.8 Å². The lowest BCUT2D eigenvalue weighted by Gasteiger charge is -2.08. The van der Waals surface area contributed by atoms with Crippen LogP contribution in [0.1, 0.15) is 16.2 Å². The molecule has 4 aromatic rings. The number of para-hydroxylation sites is 1. The summed E-state index contributed by atoms with van der Waals surface area (Å²) in [6.07, 6.45) is 0. The van der Waals surface area contributed by atoms with E-state index in [4.69, 9.17) is 5.73 Å². The molecule has 0 radical (unpaired) electrons. The molecular weight excluding hydrogens is 373 g/mol. The van der Waals surface area contributed by atoms with Gasteiger partial charge in [-0.3, -0.25) is 9.89 Å². The normalized spacial score (nSPS) is 10.8. The number of fused-ring (bicyclic) bond motifs is 1. The molecule has 4 rings (SSSR count). The van der Waals surface area contributed by atoms with Crippen molar-refractivity contribution in [2.24, 2.45) is 5.73 Å². The number of carbonyl (C=O) groups is 1. The SMILES string of the molecule is NC(=O)c1nc(NCc2cccc(B(O)O)c2)nc(-c2n[nH]c3ccccc23)n1. The molecule has 0 spiro atoms. The highest BCUT2D eigenvalue weighted by Gasteiger charge is 2.17. The Balaban J connectivity index is 1.67. The van der Waals surface area contributed by atoms with Crippen LogP contribution in [0.2, 0.25) is 0 Å². The first-order chi connectivity index (χ1) is 14.0. The van der Waals surface area contributed by atoms with Crippen molar-refractivity contribution in [3.05, 3.63) is 59.9 Å². The van der Waals surface area contributed by atoms with Gasteiger partial charge in [0.15, 0.2) is 5.82 Å². The average Bonchev–Trinajstić information content (AvgIpc) is 3.16. The van der Waals surface area contributed by atoms with Crippen LogP contribution in [0.3, 0.4) is 0 Å². The van der Waals surface area contributed by atoms with Gasteiger partial charge < -0.3 is 21.1 Å². The van der Waals surface area contributed by atoms with E-state index in [1.807, 2.05) is 24.3 Å². The monoisotopic (exact) mass is 389 g/mol. The Morgan fingerprint density at radius 1 is 1.10 bits per heavy atom. The Morgan fingerprint density at radius 3 is 2.72 bits per heavy atom. The minimum atomic E-state index is -1.56. The fourth-order valence-electron chi connectivity index (χ4n) is 2.85. The summed E-state index contributed by atoms with van der Waals surface area (Å²) in [6.45, 7) is 0.281. The quantitative estimate of drug-likeness (QED) is 0.283. The summed E-state index contributed by atoms with van der Waals surface area (Å²) in [5.74, 6) is -0.634. The van der Waals surface area contributed by atoms with E-state index in [2.05, 4.69) is 30.5 Å². The first-order valence-electron chi connectivity index (χ1n) is 8.69. The zero-order valence-corrected chi connectivity index (χ0v) is 15.1. The summed E-state index contributed by atoms with van der Waals surface area (Å²) in [4.78, 5) is 24.2. The van der Waals surface area contributed by atoms with Crippen LogP contribution in [0.15, 0.2) is 48.5 Å². The lowest BCUT2D eigenvalue weighted by Crippen LogP contribution is -2.30. The van der Waals surface area contributed by atoms with Crippen molar-refractivity contribution in [3.8, 4) is 11.5 Å². The number of primary amides is 1. The molecule has 0 saturated carbocycles. The summed E-state index contributed by atoms with van der Waals surface area (Å²) in [5, 5.41) is 29.5. The van der Waals surface area contributed by atoms with Crippen molar-refractivity contribution >= 4 is 35.3 Å². The van der Waals surface area contributed by atoms with Crippen molar-refractivity contribution in [2.45, 2.75) is 6.54 Å². The van der Waals surface area contributed by atoms with Gasteiger partial charge in [-0.1, -0.05) is 42.5 Å². The number of H-pyrrole nitrogens is 1. The molecule has 2 heterocycles. The summed E-state index contributed by atoms with van der Waals surface area (Å²) >= 11 is 0. The number of nitrogens with two attached hydrogens (primary N) is 1. The molecule has 0 fully saturated rings. The van der Waals surface area contributed by atoms with Crippen molar-refractivity contribution in [3.63, 3.8) is 0 Å². The second-order valence-electron chi connectivity index (χ2n) is 6.26. The molecule has 0 bridgehead atoms. The molecule has 11 heteroatoms. The van der Waals surface area contributed by atoms with Crippen LogP contribution >= 0.6 is 0 Å². The first-order valence-corrected chi connectivity index (χ1v) is 8.69. The molecule has 144 valence electrons. The summed E-state index contributed by atoms with van der Waals surface area (Å²) in [7, 11) is -1.56. The number of nitrogens with one attached hydrogen (secondary N) is 2. The molecule has 2 aromatic carbocycles. The Hall–Kier alpha value is -3.83. The van der Waals surface area contributed by atoms with E-state index in [-0.39, 0.29) is 24.1 Å². The first kappa shape index (κ1) is 18.5. The van der Waals surface area contributed by atoms with E-state index < -0.39 is 13.0 Å². The van der Waals surface area contributed by atoms with Gasteiger partial charge in [-0.25, -0.2) is 4.98 Å². The molecule has 0 aliphatic heterocycles. The molecule has 0 unspecified atom stereocenters. The second kappa shape index (κ2) is 7.66. The molecule has 1 amide bonds. The third kappa shape index (κ3) is 3.90. The molecule has 0 saturated heterocycles. The largest absolute Gasteiger partial charge is 0.488 e. The fraction of sp³-hybridized carbons (Fsp3) is 0.0556. The van der Waals surface area contributed by atoms with E-state index >= 15 is 0 Å². The smallest absolute Gasteiger partial charge is 0.423 e. The zero-order valence-electron chi connectivity index (χ0n) is 15.1. The number of nitrogens with zero attached hydrogens (tertiary/aromatic N) is 4. The number of anilines is 1. The number of aromatic amines is 1. The van der Waals surface area contributed by atoms with Gasteiger partial charge in [-0.15, -0.1) is 0 Å². The number of hydrogen-bond acceptors (Lipinski definition) is 8. The maximum atomic E-state index is 11.7. The van der Waals surface area contributed by atoms with E-state index in [1.165, 1.54) is 0 Å². The maximum absolute atomic E-state index is 11.7. The lowest BCUT2D eigenvalue weighted by molar-refractivity contribution is 0.0990. The number of amides is 1. The molecule has 10 nitrogen and oxygen atoms in total. The van der Waals surface area contributed by atoms with Crippen LogP contribution in [-0.2, 0) is 6.54 Å². The molecule has 0 aliphatic rings.